The van der Waals surface area contributed by atoms with Gasteiger partial charge in [0.1, 0.15) is 5.82 Å². The quantitative estimate of drug-likeness (QED) is 0.787. The zero-order chi connectivity index (χ0) is 13.4. The van der Waals surface area contributed by atoms with Crippen molar-refractivity contribution in [3.63, 3.8) is 0 Å². The van der Waals surface area contributed by atoms with Crippen molar-refractivity contribution < 1.29 is 0 Å². The summed E-state index contributed by atoms with van der Waals surface area (Å²) in [5.74, 6) is 2.44. The van der Waals surface area contributed by atoms with Crippen LogP contribution in [0.25, 0.3) is 0 Å². The van der Waals surface area contributed by atoms with Crippen LogP contribution in [0.4, 0.5) is 0 Å². The average molecular weight is 294 g/mol. The molecule has 0 atom stereocenters. The molecule has 0 amide bonds. The molecule has 0 spiro atoms. The molecule has 0 bridgehead atoms. The van der Waals surface area contributed by atoms with Crippen molar-refractivity contribution in [2.24, 2.45) is 0 Å². The maximum Gasteiger partial charge on any atom is 0.191 e. The Morgan fingerprint density at radius 3 is 2.79 bits per heavy atom. The Labute approximate surface area is 121 Å². The third kappa shape index (κ3) is 2.84. The number of hydrogen-bond acceptors (Lipinski definition) is 5. The molecule has 4 nitrogen and oxygen atoms in total. The predicted molar refractivity (Wildman–Crippen MR) is 78.8 cm³/mol. The van der Waals surface area contributed by atoms with Crippen molar-refractivity contribution in [2.75, 3.05) is 0 Å². The molecule has 1 aliphatic rings. The number of nitrogens with zero attached hydrogens (tertiary/aromatic N) is 4. The molecule has 2 heterocycles. The predicted octanol–water partition coefficient (Wildman–Crippen LogP) is 3.79. The fourth-order valence-electron chi connectivity index (χ4n) is 2.07. The van der Waals surface area contributed by atoms with Crippen LogP contribution in [0.2, 0.25) is 0 Å². The van der Waals surface area contributed by atoms with Gasteiger partial charge in [-0.15, -0.1) is 21.5 Å². The molecule has 1 aliphatic carbocycles. The Bertz CT molecular complexity index is 569. The van der Waals surface area contributed by atoms with Gasteiger partial charge < -0.3 is 4.57 Å². The lowest BCUT2D eigenvalue weighted by Crippen LogP contribution is -2.04. The lowest BCUT2D eigenvalue weighted by atomic mass is 10.2. The van der Waals surface area contributed by atoms with Gasteiger partial charge >= 0.3 is 0 Å². The molecule has 1 saturated carbocycles. The highest BCUT2D eigenvalue weighted by Crippen LogP contribution is 2.40. The smallest absolute Gasteiger partial charge is 0.191 e. The van der Waals surface area contributed by atoms with Crippen LogP contribution >= 0.6 is 23.1 Å². The second-order valence-electron chi connectivity index (χ2n) is 5.24. The monoisotopic (exact) mass is 294 g/mol. The summed E-state index contributed by atoms with van der Waals surface area (Å²) in [6.07, 6.45) is 2.53. The maximum absolute atomic E-state index is 4.50. The maximum atomic E-state index is 4.50. The zero-order valence-corrected chi connectivity index (χ0v) is 13.1. The van der Waals surface area contributed by atoms with Gasteiger partial charge in [-0.2, -0.15) is 0 Å². The summed E-state index contributed by atoms with van der Waals surface area (Å²) in [7, 11) is 0. The molecular weight excluding hydrogens is 276 g/mol. The minimum atomic E-state index is 0.434. The molecule has 2 aromatic rings. The first-order valence-electron chi connectivity index (χ1n) is 6.63. The van der Waals surface area contributed by atoms with E-state index in [0.717, 1.165) is 27.4 Å². The van der Waals surface area contributed by atoms with E-state index >= 15 is 0 Å². The van der Waals surface area contributed by atoms with E-state index < -0.39 is 0 Å². The minimum absolute atomic E-state index is 0.434. The lowest BCUT2D eigenvalue weighted by molar-refractivity contribution is 0.599. The first-order valence-corrected chi connectivity index (χ1v) is 8.50. The van der Waals surface area contributed by atoms with Crippen LogP contribution < -0.4 is 0 Å². The van der Waals surface area contributed by atoms with Crippen LogP contribution in [0, 0.1) is 6.92 Å². The second kappa shape index (κ2) is 5.25. The van der Waals surface area contributed by atoms with Gasteiger partial charge in [-0.05, 0) is 19.8 Å². The van der Waals surface area contributed by atoms with E-state index in [1.807, 2.05) is 6.92 Å². The largest absolute Gasteiger partial charge is 0.303 e. The number of aromatic nitrogens is 4. The van der Waals surface area contributed by atoms with E-state index in [-0.39, 0.29) is 0 Å². The van der Waals surface area contributed by atoms with E-state index in [4.69, 9.17) is 0 Å². The normalized spacial score (nSPS) is 15.4. The molecule has 0 radical (unpaired) electrons. The van der Waals surface area contributed by atoms with Gasteiger partial charge in [-0.1, -0.05) is 25.6 Å². The molecule has 19 heavy (non-hydrogen) atoms. The van der Waals surface area contributed by atoms with E-state index in [1.165, 1.54) is 12.8 Å². The fraction of sp³-hybridized carbons (Fsp3) is 0.615. The minimum Gasteiger partial charge on any atom is -0.303 e. The first-order chi connectivity index (χ1) is 9.15. The summed E-state index contributed by atoms with van der Waals surface area (Å²) in [5.41, 5.74) is 1.14. The fourth-order valence-corrected chi connectivity index (χ4v) is 3.69. The molecule has 6 heteroatoms. The first kappa shape index (κ1) is 13.1. The van der Waals surface area contributed by atoms with Gasteiger partial charge in [0.15, 0.2) is 5.16 Å². The van der Waals surface area contributed by atoms with Gasteiger partial charge in [0, 0.05) is 23.1 Å². The molecule has 0 saturated heterocycles. The molecule has 0 aliphatic heterocycles. The highest BCUT2D eigenvalue weighted by Gasteiger charge is 2.30. The standard InChI is InChI=1S/C13H18N4S2/c1-8(2)12-15-16-13(17(12)11-4-5-11)19-7-10-6-18-9(3)14-10/h6,8,11H,4-5,7H2,1-3H3. The van der Waals surface area contributed by atoms with Crippen molar-refractivity contribution in [1.29, 1.82) is 0 Å². The van der Waals surface area contributed by atoms with Crippen molar-refractivity contribution >= 4 is 23.1 Å². The van der Waals surface area contributed by atoms with Crippen molar-refractivity contribution in [2.45, 2.75) is 56.5 Å². The number of thiazole rings is 1. The highest BCUT2D eigenvalue weighted by atomic mass is 32.2. The molecule has 0 aromatic carbocycles. The zero-order valence-electron chi connectivity index (χ0n) is 11.5. The van der Waals surface area contributed by atoms with E-state index in [9.17, 15) is 0 Å². The molecular formula is C13H18N4S2. The topological polar surface area (TPSA) is 43.6 Å². The third-order valence-corrected chi connectivity index (χ3v) is 4.93. The Kier molecular flexibility index (Phi) is 3.62. The summed E-state index contributed by atoms with van der Waals surface area (Å²) in [4.78, 5) is 4.50. The molecule has 102 valence electrons. The molecule has 0 N–H and O–H groups in total. The summed E-state index contributed by atoms with van der Waals surface area (Å²) in [6.45, 7) is 6.41. The van der Waals surface area contributed by atoms with Crippen LogP contribution in [0.5, 0.6) is 0 Å². The van der Waals surface area contributed by atoms with E-state index in [0.29, 0.717) is 12.0 Å². The van der Waals surface area contributed by atoms with Gasteiger partial charge in [-0.25, -0.2) is 4.98 Å². The van der Waals surface area contributed by atoms with E-state index in [1.54, 1.807) is 23.1 Å². The number of rotatable bonds is 5. The van der Waals surface area contributed by atoms with Crippen LogP contribution in [0.15, 0.2) is 10.5 Å². The summed E-state index contributed by atoms with van der Waals surface area (Å²) < 4.78 is 2.34. The Morgan fingerprint density at radius 1 is 1.42 bits per heavy atom. The number of aryl methyl sites for hydroxylation is 1. The number of thioether (sulfide) groups is 1. The number of hydrogen-bond donors (Lipinski definition) is 0. The summed E-state index contributed by atoms with van der Waals surface area (Å²) >= 11 is 3.46. The van der Waals surface area contributed by atoms with Crippen LogP contribution in [0.3, 0.4) is 0 Å². The summed E-state index contributed by atoms with van der Waals surface area (Å²) in [6, 6.07) is 0.632. The Balaban J connectivity index is 1.77. The van der Waals surface area contributed by atoms with Crippen molar-refractivity contribution in [1.82, 2.24) is 19.7 Å². The summed E-state index contributed by atoms with van der Waals surface area (Å²) in [5, 5.41) is 13.0. The SMILES string of the molecule is Cc1nc(CSc2nnc(C(C)C)n2C2CC2)cs1. The lowest BCUT2D eigenvalue weighted by Gasteiger charge is -2.10. The Morgan fingerprint density at radius 2 is 2.21 bits per heavy atom. The van der Waals surface area contributed by atoms with Crippen molar-refractivity contribution in [3.05, 3.63) is 21.9 Å². The second-order valence-corrected chi connectivity index (χ2v) is 7.25. The van der Waals surface area contributed by atoms with Crippen LogP contribution in [-0.4, -0.2) is 19.7 Å². The van der Waals surface area contributed by atoms with E-state index in [2.05, 4.69) is 39.0 Å². The van der Waals surface area contributed by atoms with Gasteiger partial charge in [0.2, 0.25) is 0 Å². The highest BCUT2D eigenvalue weighted by molar-refractivity contribution is 7.98. The average Bonchev–Trinajstić information content (AvgIpc) is 2.98. The molecule has 3 rings (SSSR count). The van der Waals surface area contributed by atoms with Crippen LogP contribution in [0.1, 0.15) is 55.2 Å². The molecule has 0 unspecified atom stereocenters. The third-order valence-electron chi connectivity index (χ3n) is 3.14. The Hall–Kier alpha value is -0.880. The van der Waals surface area contributed by atoms with Gasteiger partial charge in [-0.3, -0.25) is 0 Å². The molecule has 2 aromatic heterocycles. The van der Waals surface area contributed by atoms with Crippen LogP contribution in [-0.2, 0) is 5.75 Å². The molecule has 1 fully saturated rings. The van der Waals surface area contributed by atoms with Crippen molar-refractivity contribution in [3.8, 4) is 0 Å². The van der Waals surface area contributed by atoms with Gasteiger partial charge in [0.05, 0.1) is 10.7 Å². The van der Waals surface area contributed by atoms with Gasteiger partial charge in [0.25, 0.3) is 0 Å².